The molecule has 1 N–H and O–H groups in total. The van der Waals surface area contributed by atoms with Gasteiger partial charge in [0.1, 0.15) is 5.78 Å². The smallest absolute Gasteiger partial charge is 0.133 e. The van der Waals surface area contributed by atoms with Crippen LogP contribution in [0.5, 0.6) is 0 Å². The van der Waals surface area contributed by atoms with Gasteiger partial charge in [0.05, 0.1) is 0 Å². The number of hydrogen-bond donors (Lipinski definition) is 1. The fourth-order valence-corrected chi connectivity index (χ4v) is 2.37. The van der Waals surface area contributed by atoms with E-state index in [1.165, 1.54) is 12.2 Å². The third-order valence-electron chi connectivity index (χ3n) is 2.56. The molecule has 0 spiro atoms. The highest BCUT2D eigenvalue weighted by Crippen LogP contribution is 2.34. The number of carbonyl (C=O) groups is 1. The van der Waals surface area contributed by atoms with E-state index in [1.54, 1.807) is 6.92 Å². The van der Waals surface area contributed by atoms with E-state index in [9.17, 15) is 4.79 Å². The van der Waals surface area contributed by atoms with E-state index in [0.29, 0.717) is 0 Å². The molecule has 0 saturated carbocycles. The van der Waals surface area contributed by atoms with Crippen LogP contribution in [0.4, 0.5) is 0 Å². The number of carbonyl (C=O) groups excluding carboxylic acids is 1. The van der Waals surface area contributed by atoms with E-state index in [-0.39, 0.29) is 21.7 Å². The van der Waals surface area contributed by atoms with Gasteiger partial charge in [-0.3, -0.25) is 4.79 Å². The second kappa shape index (κ2) is 7.00. The minimum atomic E-state index is -0.382. The van der Waals surface area contributed by atoms with Crippen LogP contribution in [0.1, 0.15) is 26.7 Å². The Morgan fingerprint density at radius 2 is 1.94 bits per heavy atom. The molecular weight excluding hydrogens is 218 g/mol. The number of rotatable bonds is 8. The number of allylic oxidation sites excluding steroid dienone is 1. The zero-order chi connectivity index (χ0) is 12.8. The van der Waals surface area contributed by atoms with Gasteiger partial charge in [0, 0.05) is 18.2 Å². The average Bonchev–Trinajstić information content (AvgIpc) is 2.10. The molecule has 0 aliphatic rings. The summed E-state index contributed by atoms with van der Waals surface area (Å²) in [5.41, 5.74) is 0.992. The van der Waals surface area contributed by atoms with Gasteiger partial charge in [-0.2, -0.15) is 0 Å². The van der Waals surface area contributed by atoms with Gasteiger partial charge in [0.25, 0.3) is 0 Å². The van der Waals surface area contributed by atoms with Gasteiger partial charge in [-0.1, -0.05) is 13.5 Å². The molecule has 0 aromatic rings. The monoisotopic (exact) mass is 245 g/mol. The molecular formula is C13H27NOS. The van der Waals surface area contributed by atoms with Gasteiger partial charge in [-0.25, -0.2) is 10.0 Å². The van der Waals surface area contributed by atoms with E-state index in [2.05, 4.69) is 30.7 Å². The molecule has 0 aromatic heterocycles. The number of ketones is 1. The quantitative estimate of drug-likeness (QED) is 0.666. The molecule has 96 valence electrons. The lowest BCUT2D eigenvalue weighted by molar-refractivity contribution is -0.120. The van der Waals surface area contributed by atoms with Crippen LogP contribution in [0.2, 0.25) is 0 Å². The summed E-state index contributed by atoms with van der Waals surface area (Å²) in [6.07, 6.45) is 8.95. The van der Waals surface area contributed by atoms with Gasteiger partial charge in [0.2, 0.25) is 0 Å². The first-order valence-electron chi connectivity index (χ1n) is 5.80. The Morgan fingerprint density at radius 1 is 1.38 bits per heavy atom. The van der Waals surface area contributed by atoms with Gasteiger partial charge in [-0.05, 0) is 44.3 Å². The van der Waals surface area contributed by atoms with Crippen LogP contribution >= 0.6 is 10.0 Å². The van der Waals surface area contributed by atoms with Crippen molar-refractivity contribution in [1.82, 2.24) is 5.32 Å². The van der Waals surface area contributed by atoms with Crippen LogP contribution in [0, 0.1) is 5.92 Å². The van der Waals surface area contributed by atoms with E-state index >= 15 is 0 Å². The maximum atomic E-state index is 11.1. The second-order valence-electron chi connectivity index (χ2n) is 5.39. The Hall–Kier alpha value is -0.440. The maximum absolute atomic E-state index is 11.1. The fraction of sp³-hybridized carbons (Fsp3) is 0.769. The third kappa shape index (κ3) is 8.84. The summed E-state index contributed by atoms with van der Waals surface area (Å²) in [7, 11) is -0.382. The molecule has 0 aliphatic carbocycles. The van der Waals surface area contributed by atoms with Crippen molar-refractivity contribution in [3.63, 3.8) is 0 Å². The summed E-state index contributed by atoms with van der Waals surface area (Å²) in [5, 5.41) is 3.31. The van der Waals surface area contributed by atoms with Crippen LogP contribution in [-0.2, 0) is 4.79 Å². The van der Waals surface area contributed by atoms with Crippen molar-refractivity contribution in [1.29, 1.82) is 0 Å². The maximum Gasteiger partial charge on any atom is 0.133 e. The topological polar surface area (TPSA) is 29.1 Å². The van der Waals surface area contributed by atoms with E-state index < -0.39 is 0 Å². The standard InChI is InChI=1S/C13H27NOS/c1-11(13(3)15)10-12(2)14-8-7-9-16(4,5)6/h11,14H,2,7-10H2,1,3-6H3. The van der Waals surface area contributed by atoms with Crippen LogP contribution in [0.15, 0.2) is 12.3 Å². The summed E-state index contributed by atoms with van der Waals surface area (Å²) < 4.78 is 0. The Kier molecular flexibility index (Phi) is 6.81. The van der Waals surface area contributed by atoms with Crippen molar-refractivity contribution >= 4 is 15.8 Å². The second-order valence-corrected chi connectivity index (χ2v) is 9.98. The summed E-state index contributed by atoms with van der Waals surface area (Å²) >= 11 is 0. The molecule has 0 fully saturated rings. The molecule has 16 heavy (non-hydrogen) atoms. The number of Topliss-reactive ketones (excluding diaryl/α,β-unsaturated/α-hetero) is 1. The SMILES string of the molecule is C=C(CC(C)C(C)=O)NCCCS(C)(C)C. The van der Waals surface area contributed by atoms with Gasteiger partial charge < -0.3 is 5.32 Å². The van der Waals surface area contributed by atoms with Crippen molar-refractivity contribution in [3.8, 4) is 0 Å². The summed E-state index contributed by atoms with van der Waals surface area (Å²) in [5.74, 6) is 1.62. The lowest BCUT2D eigenvalue weighted by Gasteiger charge is -2.25. The number of nitrogens with one attached hydrogen (secondary N) is 1. The lowest BCUT2D eigenvalue weighted by atomic mass is 10.0. The molecule has 0 bridgehead atoms. The molecule has 0 saturated heterocycles. The highest BCUT2D eigenvalue weighted by Gasteiger charge is 2.09. The zero-order valence-electron chi connectivity index (χ0n) is 11.4. The summed E-state index contributed by atoms with van der Waals surface area (Å²) in [6.45, 7) is 8.53. The Labute approximate surface area is 102 Å². The van der Waals surface area contributed by atoms with Crippen molar-refractivity contribution in [2.75, 3.05) is 31.1 Å². The molecule has 0 heterocycles. The average molecular weight is 245 g/mol. The molecule has 3 heteroatoms. The molecule has 0 amide bonds. The molecule has 0 aliphatic heterocycles. The zero-order valence-corrected chi connectivity index (χ0v) is 12.2. The van der Waals surface area contributed by atoms with Gasteiger partial charge >= 0.3 is 0 Å². The molecule has 1 atom stereocenters. The molecule has 0 radical (unpaired) electrons. The Balaban J connectivity index is 3.63. The Morgan fingerprint density at radius 3 is 2.38 bits per heavy atom. The van der Waals surface area contributed by atoms with Crippen LogP contribution in [-0.4, -0.2) is 36.8 Å². The Bertz CT molecular complexity index is 243. The first-order chi connectivity index (χ1) is 7.22. The number of hydrogen-bond acceptors (Lipinski definition) is 2. The largest absolute Gasteiger partial charge is 0.389 e. The first kappa shape index (κ1) is 15.6. The van der Waals surface area contributed by atoms with Crippen molar-refractivity contribution < 1.29 is 4.79 Å². The normalized spacial score (nSPS) is 14.3. The van der Waals surface area contributed by atoms with Crippen molar-refractivity contribution in [2.45, 2.75) is 26.7 Å². The lowest BCUT2D eigenvalue weighted by Crippen LogP contribution is -2.19. The molecule has 2 nitrogen and oxygen atoms in total. The third-order valence-corrected chi connectivity index (χ3v) is 4.07. The minimum Gasteiger partial charge on any atom is -0.389 e. The summed E-state index contributed by atoms with van der Waals surface area (Å²) in [4.78, 5) is 11.1. The summed E-state index contributed by atoms with van der Waals surface area (Å²) in [6, 6.07) is 0. The highest BCUT2D eigenvalue weighted by atomic mass is 32.3. The van der Waals surface area contributed by atoms with Gasteiger partial charge in [0.15, 0.2) is 0 Å². The van der Waals surface area contributed by atoms with Crippen molar-refractivity contribution in [2.24, 2.45) is 5.92 Å². The van der Waals surface area contributed by atoms with Crippen molar-refractivity contribution in [3.05, 3.63) is 12.3 Å². The highest BCUT2D eigenvalue weighted by molar-refractivity contribution is 8.32. The van der Waals surface area contributed by atoms with E-state index in [0.717, 1.165) is 18.7 Å². The van der Waals surface area contributed by atoms with Crippen LogP contribution in [0.3, 0.4) is 0 Å². The fourth-order valence-electron chi connectivity index (χ4n) is 1.36. The molecule has 0 rings (SSSR count). The van der Waals surface area contributed by atoms with E-state index in [4.69, 9.17) is 0 Å². The van der Waals surface area contributed by atoms with E-state index in [1.807, 2.05) is 6.92 Å². The van der Waals surface area contributed by atoms with Gasteiger partial charge in [-0.15, -0.1) is 0 Å². The molecule has 1 unspecified atom stereocenters. The van der Waals surface area contributed by atoms with Crippen LogP contribution < -0.4 is 5.32 Å². The minimum absolute atomic E-state index is 0.0910. The predicted octanol–water partition coefficient (Wildman–Crippen LogP) is 2.79. The van der Waals surface area contributed by atoms with Crippen LogP contribution in [0.25, 0.3) is 0 Å². The predicted molar refractivity (Wildman–Crippen MR) is 76.5 cm³/mol. The molecule has 0 aromatic carbocycles. The first-order valence-corrected chi connectivity index (χ1v) is 8.83.